The molecule has 7 heteroatoms. The first kappa shape index (κ1) is 20.9. The average Bonchev–Trinajstić information content (AvgIpc) is 3.39. The van der Waals surface area contributed by atoms with Crippen LogP contribution in [0.25, 0.3) is 11.4 Å². The largest absolute Gasteiger partial charge is 0.469 e. The van der Waals surface area contributed by atoms with Gasteiger partial charge in [0.2, 0.25) is 5.91 Å². The Hall–Kier alpha value is -3.32. The maximum absolute atomic E-state index is 12.6. The minimum absolute atomic E-state index is 0.0683. The monoisotopic (exact) mass is 432 g/mol. The van der Waals surface area contributed by atoms with Crippen molar-refractivity contribution in [2.75, 3.05) is 11.1 Å². The average molecular weight is 433 g/mol. The Bertz CT molecular complexity index is 1170. The summed E-state index contributed by atoms with van der Waals surface area (Å²) in [6.07, 6.45) is 2.51. The van der Waals surface area contributed by atoms with Crippen molar-refractivity contribution < 1.29 is 9.21 Å². The van der Waals surface area contributed by atoms with E-state index in [0.29, 0.717) is 11.7 Å². The number of carbonyl (C=O) groups excluding carboxylic acids is 1. The Morgan fingerprint density at radius 2 is 1.84 bits per heavy atom. The number of benzene rings is 2. The Labute approximate surface area is 185 Å². The minimum atomic E-state index is -0.0683. The van der Waals surface area contributed by atoms with E-state index in [0.717, 1.165) is 40.4 Å². The predicted molar refractivity (Wildman–Crippen MR) is 123 cm³/mol. The standard InChI is InChI=1S/C24H24N4O2S/c1-3-19-11-7-8-12-21(19)25-22(29)16-31-24-27-26-23(20-13-14-30-17(20)2)28(24)15-18-9-5-4-6-10-18/h4-14H,3,15-16H2,1-2H3,(H,25,29). The summed E-state index contributed by atoms with van der Waals surface area (Å²) in [4.78, 5) is 12.6. The fraction of sp³-hybridized carbons (Fsp3) is 0.208. The molecule has 0 saturated heterocycles. The smallest absolute Gasteiger partial charge is 0.234 e. The number of carbonyl (C=O) groups is 1. The summed E-state index contributed by atoms with van der Waals surface area (Å²) in [5.41, 5.74) is 4.01. The van der Waals surface area contributed by atoms with E-state index >= 15 is 0 Å². The van der Waals surface area contributed by atoms with E-state index in [1.165, 1.54) is 11.8 Å². The maximum atomic E-state index is 12.6. The van der Waals surface area contributed by atoms with Gasteiger partial charge in [0.1, 0.15) is 5.76 Å². The molecule has 0 atom stereocenters. The number of para-hydroxylation sites is 1. The van der Waals surface area contributed by atoms with Crippen LogP contribution in [0.2, 0.25) is 0 Å². The lowest BCUT2D eigenvalue weighted by Crippen LogP contribution is -2.16. The van der Waals surface area contributed by atoms with Gasteiger partial charge in [-0.05, 0) is 36.6 Å². The van der Waals surface area contributed by atoms with Crippen molar-refractivity contribution in [3.8, 4) is 11.4 Å². The van der Waals surface area contributed by atoms with Crippen LogP contribution in [0.1, 0.15) is 23.8 Å². The van der Waals surface area contributed by atoms with E-state index < -0.39 is 0 Å². The molecule has 6 nitrogen and oxygen atoms in total. The summed E-state index contributed by atoms with van der Waals surface area (Å²) in [6, 6.07) is 19.9. The summed E-state index contributed by atoms with van der Waals surface area (Å²) in [5, 5.41) is 12.5. The van der Waals surface area contributed by atoms with Gasteiger partial charge in [-0.3, -0.25) is 9.36 Å². The fourth-order valence-corrected chi connectivity index (χ4v) is 4.12. The number of nitrogens with one attached hydrogen (secondary N) is 1. The third-order valence-electron chi connectivity index (χ3n) is 5.00. The highest BCUT2D eigenvalue weighted by molar-refractivity contribution is 7.99. The lowest BCUT2D eigenvalue weighted by Gasteiger charge is -2.11. The molecule has 0 radical (unpaired) electrons. The Kier molecular flexibility index (Phi) is 6.52. The third-order valence-corrected chi connectivity index (χ3v) is 5.97. The van der Waals surface area contributed by atoms with E-state index in [1.54, 1.807) is 6.26 Å². The molecule has 0 saturated carbocycles. The minimum Gasteiger partial charge on any atom is -0.469 e. The molecule has 2 aromatic heterocycles. The van der Waals surface area contributed by atoms with Crippen molar-refractivity contribution in [1.29, 1.82) is 0 Å². The Morgan fingerprint density at radius 3 is 2.58 bits per heavy atom. The highest BCUT2D eigenvalue weighted by Crippen LogP contribution is 2.28. The predicted octanol–water partition coefficient (Wildman–Crippen LogP) is 5.19. The van der Waals surface area contributed by atoms with Gasteiger partial charge in [0.05, 0.1) is 24.1 Å². The zero-order valence-electron chi connectivity index (χ0n) is 17.5. The topological polar surface area (TPSA) is 73.0 Å². The van der Waals surface area contributed by atoms with Gasteiger partial charge in [-0.2, -0.15) is 0 Å². The van der Waals surface area contributed by atoms with Crippen molar-refractivity contribution in [2.24, 2.45) is 0 Å². The molecule has 0 bridgehead atoms. The number of aryl methyl sites for hydroxylation is 2. The van der Waals surface area contributed by atoms with E-state index in [4.69, 9.17) is 4.42 Å². The van der Waals surface area contributed by atoms with Crippen molar-refractivity contribution in [3.05, 3.63) is 83.8 Å². The third kappa shape index (κ3) is 4.88. The molecule has 0 aliphatic heterocycles. The molecule has 1 amide bonds. The number of nitrogens with zero attached hydrogens (tertiary/aromatic N) is 3. The number of amides is 1. The first-order valence-electron chi connectivity index (χ1n) is 10.2. The highest BCUT2D eigenvalue weighted by atomic mass is 32.2. The number of hydrogen-bond donors (Lipinski definition) is 1. The van der Waals surface area contributed by atoms with Crippen LogP contribution < -0.4 is 5.32 Å². The first-order chi connectivity index (χ1) is 15.2. The molecule has 4 aromatic rings. The number of aromatic nitrogens is 3. The molecule has 2 aromatic carbocycles. The molecule has 0 unspecified atom stereocenters. The number of thioether (sulfide) groups is 1. The lowest BCUT2D eigenvalue weighted by molar-refractivity contribution is -0.113. The molecule has 2 heterocycles. The summed E-state index contributed by atoms with van der Waals surface area (Å²) in [5.74, 6) is 1.69. The van der Waals surface area contributed by atoms with Gasteiger partial charge in [-0.1, -0.05) is 67.2 Å². The lowest BCUT2D eigenvalue weighted by atomic mass is 10.1. The fourth-order valence-electron chi connectivity index (χ4n) is 3.39. The van der Waals surface area contributed by atoms with E-state index in [-0.39, 0.29) is 11.7 Å². The summed E-state index contributed by atoms with van der Waals surface area (Å²) >= 11 is 1.38. The van der Waals surface area contributed by atoms with E-state index in [9.17, 15) is 4.79 Å². The summed E-state index contributed by atoms with van der Waals surface area (Å²) in [6.45, 7) is 4.59. The number of anilines is 1. The Balaban J connectivity index is 1.54. The zero-order chi connectivity index (χ0) is 21.6. The summed E-state index contributed by atoms with van der Waals surface area (Å²) < 4.78 is 7.50. The van der Waals surface area contributed by atoms with E-state index in [2.05, 4.69) is 34.6 Å². The molecular weight excluding hydrogens is 408 g/mol. The number of rotatable bonds is 8. The highest BCUT2D eigenvalue weighted by Gasteiger charge is 2.19. The Morgan fingerprint density at radius 1 is 1.06 bits per heavy atom. The molecule has 0 aliphatic rings. The maximum Gasteiger partial charge on any atom is 0.234 e. The second-order valence-electron chi connectivity index (χ2n) is 7.12. The second kappa shape index (κ2) is 9.66. The molecule has 1 N–H and O–H groups in total. The second-order valence-corrected chi connectivity index (χ2v) is 8.06. The first-order valence-corrected chi connectivity index (χ1v) is 11.2. The molecule has 4 rings (SSSR count). The molecule has 0 aliphatic carbocycles. The van der Waals surface area contributed by atoms with Crippen LogP contribution >= 0.6 is 11.8 Å². The van der Waals surface area contributed by atoms with Gasteiger partial charge in [0.25, 0.3) is 0 Å². The SMILES string of the molecule is CCc1ccccc1NC(=O)CSc1nnc(-c2ccoc2C)n1Cc1ccccc1. The van der Waals surface area contributed by atoms with E-state index in [1.807, 2.05) is 60.0 Å². The number of furan rings is 1. The van der Waals surface area contributed by atoms with Gasteiger partial charge in [0.15, 0.2) is 11.0 Å². The quantitative estimate of drug-likeness (QED) is 0.388. The molecule has 158 valence electrons. The van der Waals surface area contributed by atoms with Crippen LogP contribution in [-0.4, -0.2) is 26.4 Å². The van der Waals surface area contributed by atoms with Crippen molar-refractivity contribution in [1.82, 2.24) is 14.8 Å². The molecule has 0 fully saturated rings. The van der Waals surface area contributed by atoms with Crippen LogP contribution in [0, 0.1) is 6.92 Å². The van der Waals surface area contributed by atoms with Gasteiger partial charge in [-0.25, -0.2) is 0 Å². The molecular formula is C24H24N4O2S. The van der Waals surface area contributed by atoms with Crippen molar-refractivity contribution in [3.63, 3.8) is 0 Å². The molecule has 31 heavy (non-hydrogen) atoms. The van der Waals surface area contributed by atoms with Gasteiger partial charge < -0.3 is 9.73 Å². The van der Waals surface area contributed by atoms with Crippen LogP contribution in [0.5, 0.6) is 0 Å². The van der Waals surface area contributed by atoms with Crippen LogP contribution in [-0.2, 0) is 17.8 Å². The number of hydrogen-bond acceptors (Lipinski definition) is 5. The molecule has 0 spiro atoms. The summed E-state index contributed by atoms with van der Waals surface area (Å²) in [7, 11) is 0. The van der Waals surface area contributed by atoms with Crippen LogP contribution in [0.15, 0.2) is 76.5 Å². The van der Waals surface area contributed by atoms with Gasteiger partial charge in [0, 0.05) is 5.69 Å². The van der Waals surface area contributed by atoms with Crippen molar-refractivity contribution in [2.45, 2.75) is 32.0 Å². The van der Waals surface area contributed by atoms with Gasteiger partial charge >= 0.3 is 0 Å². The zero-order valence-corrected chi connectivity index (χ0v) is 18.4. The van der Waals surface area contributed by atoms with Crippen LogP contribution in [0.3, 0.4) is 0 Å². The van der Waals surface area contributed by atoms with Crippen molar-refractivity contribution >= 4 is 23.4 Å². The van der Waals surface area contributed by atoms with Gasteiger partial charge in [-0.15, -0.1) is 10.2 Å². The normalized spacial score (nSPS) is 10.9. The van der Waals surface area contributed by atoms with Crippen LogP contribution in [0.4, 0.5) is 5.69 Å².